The molecule has 1 aromatic carbocycles. The lowest BCUT2D eigenvalue weighted by Crippen LogP contribution is -2.15. The first kappa shape index (κ1) is 14.7. The summed E-state index contributed by atoms with van der Waals surface area (Å²) in [6.07, 6.45) is -1.18. The Morgan fingerprint density at radius 1 is 1.05 bits per heavy atom. The Balaban J connectivity index is 3.04. The molecule has 0 fully saturated rings. The predicted molar refractivity (Wildman–Crippen MR) is 64.1 cm³/mol. The van der Waals surface area contributed by atoms with Crippen LogP contribution in [0.25, 0.3) is 0 Å². The van der Waals surface area contributed by atoms with E-state index in [9.17, 15) is 14.4 Å². The van der Waals surface area contributed by atoms with Crippen LogP contribution in [-0.4, -0.2) is 25.0 Å². The maximum atomic E-state index is 11.4. The standard InChI is InChI=1S/C13H14O6/c1-8(14)18-13(19-9(2)15)11-6-4-5-10(7-11)12(16)17-3/h4-7,13H,1-3H3. The minimum Gasteiger partial charge on any atom is -0.465 e. The van der Waals surface area contributed by atoms with E-state index in [1.54, 1.807) is 12.1 Å². The number of benzene rings is 1. The van der Waals surface area contributed by atoms with Crippen LogP contribution < -0.4 is 0 Å². The molecule has 1 rings (SSSR count). The molecule has 0 spiro atoms. The van der Waals surface area contributed by atoms with Gasteiger partial charge in [0, 0.05) is 19.4 Å². The molecule has 0 aliphatic heterocycles. The number of esters is 3. The zero-order chi connectivity index (χ0) is 14.4. The number of rotatable bonds is 4. The topological polar surface area (TPSA) is 78.9 Å². The van der Waals surface area contributed by atoms with Crippen LogP contribution in [0.5, 0.6) is 0 Å². The van der Waals surface area contributed by atoms with Gasteiger partial charge in [-0.1, -0.05) is 12.1 Å². The summed E-state index contributed by atoms with van der Waals surface area (Å²) >= 11 is 0. The highest BCUT2D eigenvalue weighted by molar-refractivity contribution is 5.89. The Bertz CT molecular complexity index is 478. The van der Waals surface area contributed by atoms with Gasteiger partial charge in [0.25, 0.3) is 6.29 Å². The molecule has 0 aliphatic rings. The summed E-state index contributed by atoms with van der Waals surface area (Å²) in [7, 11) is 1.25. The van der Waals surface area contributed by atoms with Crippen LogP contribution in [-0.2, 0) is 23.8 Å². The van der Waals surface area contributed by atoms with Gasteiger partial charge in [-0.3, -0.25) is 9.59 Å². The molecule has 0 unspecified atom stereocenters. The predicted octanol–water partition coefficient (Wildman–Crippen LogP) is 1.60. The van der Waals surface area contributed by atoms with E-state index in [-0.39, 0.29) is 5.56 Å². The van der Waals surface area contributed by atoms with Gasteiger partial charge in [0.15, 0.2) is 0 Å². The molecule has 0 N–H and O–H groups in total. The van der Waals surface area contributed by atoms with Crippen molar-refractivity contribution in [1.29, 1.82) is 0 Å². The summed E-state index contributed by atoms with van der Waals surface area (Å²) < 4.78 is 14.3. The second-order valence-electron chi connectivity index (χ2n) is 3.67. The molecule has 0 saturated carbocycles. The summed E-state index contributed by atoms with van der Waals surface area (Å²) in [6, 6.07) is 6.11. The molecule has 0 saturated heterocycles. The average molecular weight is 266 g/mol. The van der Waals surface area contributed by atoms with Crippen LogP contribution in [0.4, 0.5) is 0 Å². The van der Waals surface area contributed by atoms with Gasteiger partial charge in [0.1, 0.15) is 0 Å². The van der Waals surface area contributed by atoms with Crippen LogP contribution >= 0.6 is 0 Å². The van der Waals surface area contributed by atoms with Crippen molar-refractivity contribution < 1.29 is 28.6 Å². The van der Waals surface area contributed by atoms with Crippen molar-refractivity contribution in [2.75, 3.05) is 7.11 Å². The van der Waals surface area contributed by atoms with E-state index in [0.717, 1.165) is 0 Å². The minimum absolute atomic E-state index is 0.268. The van der Waals surface area contributed by atoms with E-state index >= 15 is 0 Å². The van der Waals surface area contributed by atoms with Gasteiger partial charge < -0.3 is 14.2 Å². The van der Waals surface area contributed by atoms with E-state index < -0.39 is 24.2 Å². The first-order chi connectivity index (χ1) is 8.93. The van der Waals surface area contributed by atoms with E-state index in [0.29, 0.717) is 5.56 Å². The Morgan fingerprint density at radius 3 is 2.11 bits per heavy atom. The molecule has 0 aromatic heterocycles. The van der Waals surface area contributed by atoms with Crippen LogP contribution in [0.3, 0.4) is 0 Å². The summed E-state index contributed by atoms with van der Waals surface area (Å²) in [4.78, 5) is 33.4. The molecule has 19 heavy (non-hydrogen) atoms. The largest absolute Gasteiger partial charge is 0.465 e. The summed E-state index contributed by atoms with van der Waals surface area (Å²) in [5.41, 5.74) is 0.637. The third kappa shape index (κ3) is 4.42. The van der Waals surface area contributed by atoms with Crippen molar-refractivity contribution in [1.82, 2.24) is 0 Å². The molecular formula is C13H14O6. The third-order valence-electron chi connectivity index (χ3n) is 2.13. The summed E-state index contributed by atoms with van der Waals surface area (Å²) in [5, 5.41) is 0. The van der Waals surface area contributed by atoms with Gasteiger partial charge >= 0.3 is 17.9 Å². The molecular weight excluding hydrogens is 252 g/mol. The highest BCUT2D eigenvalue weighted by Crippen LogP contribution is 2.21. The molecule has 0 bridgehead atoms. The fourth-order valence-corrected chi connectivity index (χ4v) is 1.39. The molecule has 0 radical (unpaired) electrons. The zero-order valence-electron chi connectivity index (χ0n) is 10.8. The van der Waals surface area contributed by atoms with Gasteiger partial charge in [-0.05, 0) is 12.1 Å². The second kappa shape index (κ2) is 6.53. The van der Waals surface area contributed by atoms with Crippen molar-refractivity contribution in [2.45, 2.75) is 20.1 Å². The Hall–Kier alpha value is -2.37. The van der Waals surface area contributed by atoms with Crippen molar-refractivity contribution in [3.8, 4) is 0 Å². The molecule has 0 amide bonds. The molecule has 0 heterocycles. The Morgan fingerprint density at radius 2 is 1.63 bits per heavy atom. The number of carbonyl (C=O) groups is 3. The fraction of sp³-hybridized carbons (Fsp3) is 0.308. The van der Waals surface area contributed by atoms with Crippen molar-refractivity contribution in [3.05, 3.63) is 35.4 Å². The molecule has 0 atom stereocenters. The Labute approximate surface area is 110 Å². The lowest BCUT2D eigenvalue weighted by molar-refractivity contribution is -0.186. The summed E-state index contributed by atoms with van der Waals surface area (Å²) in [6.45, 7) is 2.39. The lowest BCUT2D eigenvalue weighted by atomic mass is 10.1. The summed E-state index contributed by atoms with van der Waals surface area (Å²) in [5.74, 6) is -1.74. The average Bonchev–Trinajstić information content (AvgIpc) is 2.36. The van der Waals surface area contributed by atoms with Gasteiger partial charge in [-0.15, -0.1) is 0 Å². The van der Waals surface area contributed by atoms with Crippen molar-refractivity contribution >= 4 is 17.9 Å². The Kier molecular flexibility index (Phi) is 5.05. The normalized spacial score (nSPS) is 9.89. The van der Waals surface area contributed by atoms with Crippen molar-refractivity contribution in [2.24, 2.45) is 0 Å². The number of hydrogen-bond donors (Lipinski definition) is 0. The van der Waals surface area contributed by atoms with E-state index in [1.807, 2.05) is 0 Å². The SMILES string of the molecule is COC(=O)c1cccc(C(OC(C)=O)OC(C)=O)c1. The van der Waals surface area contributed by atoms with Gasteiger partial charge in [-0.25, -0.2) is 4.79 Å². The first-order valence-electron chi connectivity index (χ1n) is 5.46. The number of hydrogen-bond acceptors (Lipinski definition) is 6. The minimum atomic E-state index is -1.18. The third-order valence-corrected chi connectivity index (χ3v) is 2.13. The van der Waals surface area contributed by atoms with Crippen molar-refractivity contribution in [3.63, 3.8) is 0 Å². The van der Waals surface area contributed by atoms with Crippen LogP contribution in [0.2, 0.25) is 0 Å². The van der Waals surface area contributed by atoms with E-state index in [1.165, 1.54) is 33.1 Å². The smallest absolute Gasteiger partial charge is 0.337 e. The van der Waals surface area contributed by atoms with Crippen LogP contribution in [0.1, 0.15) is 36.1 Å². The zero-order valence-corrected chi connectivity index (χ0v) is 10.8. The number of ether oxygens (including phenoxy) is 3. The van der Waals surface area contributed by atoms with Crippen LogP contribution in [0.15, 0.2) is 24.3 Å². The quantitative estimate of drug-likeness (QED) is 0.608. The van der Waals surface area contributed by atoms with E-state index in [4.69, 9.17) is 9.47 Å². The van der Waals surface area contributed by atoms with E-state index in [2.05, 4.69) is 4.74 Å². The molecule has 6 heteroatoms. The van der Waals surface area contributed by atoms with Crippen LogP contribution in [0, 0.1) is 0 Å². The fourth-order valence-electron chi connectivity index (χ4n) is 1.39. The molecule has 6 nitrogen and oxygen atoms in total. The number of methoxy groups -OCH3 is 1. The van der Waals surface area contributed by atoms with Gasteiger partial charge in [-0.2, -0.15) is 0 Å². The highest BCUT2D eigenvalue weighted by Gasteiger charge is 2.19. The first-order valence-corrected chi connectivity index (χ1v) is 5.46. The molecule has 102 valence electrons. The lowest BCUT2D eigenvalue weighted by Gasteiger charge is -2.17. The van der Waals surface area contributed by atoms with Gasteiger partial charge in [0.05, 0.1) is 12.7 Å². The molecule has 1 aromatic rings. The monoisotopic (exact) mass is 266 g/mol. The number of carbonyl (C=O) groups excluding carboxylic acids is 3. The maximum absolute atomic E-state index is 11.4. The second-order valence-corrected chi connectivity index (χ2v) is 3.67. The van der Waals surface area contributed by atoms with Gasteiger partial charge in [0.2, 0.25) is 0 Å². The molecule has 0 aliphatic carbocycles. The highest BCUT2D eigenvalue weighted by atomic mass is 16.7. The maximum Gasteiger partial charge on any atom is 0.337 e.